The molecule has 0 spiro atoms. The van der Waals surface area contributed by atoms with Crippen molar-refractivity contribution in [3.8, 4) is 0 Å². The highest BCUT2D eigenvalue weighted by molar-refractivity contribution is 5.69. The highest BCUT2D eigenvalue weighted by Crippen LogP contribution is 2.54. The van der Waals surface area contributed by atoms with Crippen molar-refractivity contribution in [3.05, 3.63) is 0 Å². The second-order valence-corrected chi connectivity index (χ2v) is 6.19. The van der Waals surface area contributed by atoms with E-state index in [0.29, 0.717) is 6.61 Å². The third-order valence-corrected chi connectivity index (χ3v) is 3.42. The number of halogens is 2. The highest BCUT2D eigenvalue weighted by Gasteiger charge is 2.74. The molecule has 1 saturated heterocycles. The van der Waals surface area contributed by atoms with Crippen molar-refractivity contribution in [2.45, 2.75) is 50.3 Å². The minimum atomic E-state index is -2.95. The van der Waals surface area contributed by atoms with E-state index in [1.807, 2.05) is 0 Å². The lowest BCUT2D eigenvalue weighted by Crippen LogP contribution is -2.61. The first-order valence-electron chi connectivity index (χ1n) is 6.31. The van der Waals surface area contributed by atoms with Crippen molar-refractivity contribution in [1.29, 1.82) is 0 Å². The molecule has 110 valence electrons. The van der Waals surface area contributed by atoms with Crippen LogP contribution in [0.3, 0.4) is 0 Å². The Morgan fingerprint density at radius 2 is 2.05 bits per heavy atom. The average molecular weight is 278 g/mol. The summed E-state index contributed by atoms with van der Waals surface area (Å²) in [7, 11) is 0. The van der Waals surface area contributed by atoms with Gasteiger partial charge in [-0.1, -0.05) is 0 Å². The number of morpholine rings is 1. The van der Waals surface area contributed by atoms with Gasteiger partial charge in [0.15, 0.2) is 0 Å². The molecule has 1 heterocycles. The Morgan fingerprint density at radius 3 is 2.53 bits per heavy atom. The zero-order valence-electron chi connectivity index (χ0n) is 11.4. The van der Waals surface area contributed by atoms with E-state index in [-0.39, 0.29) is 13.2 Å². The van der Waals surface area contributed by atoms with Crippen molar-refractivity contribution in [2.75, 3.05) is 19.8 Å². The monoisotopic (exact) mass is 278 g/mol. The van der Waals surface area contributed by atoms with Crippen molar-refractivity contribution in [2.24, 2.45) is 5.73 Å². The quantitative estimate of drug-likeness (QED) is 0.786. The van der Waals surface area contributed by atoms with Crippen LogP contribution in [0.25, 0.3) is 0 Å². The van der Waals surface area contributed by atoms with Crippen LogP contribution in [0.2, 0.25) is 0 Å². The number of amides is 1. The zero-order chi connectivity index (χ0) is 14.5. The van der Waals surface area contributed by atoms with Gasteiger partial charge in [0.1, 0.15) is 11.1 Å². The maximum Gasteiger partial charge on any atom is 0.410 e. The summed E-state index contributed by atoms with van der Waals surface area (Å²) in [6, 6.07) is -0.842. The fourth-order valence-corrected chi connectivity index (χ4v) is 2.25. The van der Waals surface area contributed by atoms with Crippen molar-refractivity contribution in [1.82, 2.24) is 4.90 Å². The fourth-order valence-electron chi connectivity index (χ4n) is 2.25. The van der Waals surface area contributed by atoms with Gasteiger partial charge >= 0.3 is 6.09 Å². The molecule has 19 heavy (non-hydrogen) atoms. The largest absolute Gasteiger partial charge is 0.444 e. The van der Waals surface area contributed by atoms with Gasteiger partial charge in [0.25, 0.3) is 5.92 Å². The molecule has 7 heteroatoms. The van der Waals surface area contributed by atoms with Gasteiger partial charge in [-0.15, -0.1) is 0 Å². The van der Waals surface area contributed by atoms with Gasteiger partial charge in [-0.2, -0.15) is 0 Å². The first kappa shape index (κ1) is 14.5. The SMILES string of the molecule is CC(C)(C)OC(=O)N1CCOCC1C1(N)CC1(F)F. The minimum absolute atomic E-state index is 0.0192. The molecule has 0 aromatic heterocycles. The first-order valence-corrected chi connectivity index (χ1v) is 6.31. The van der Waals surface area contributed by atoms with E-state index in [9.17, 15) is 13.6 Å². The summed E-state index contributed by atoms with van der Waals surface area (Å²) in [5, 5.41) is 0. The van der Waals surface area contributed by atoms with Gasteiger partial charge in [-0.25, -0.2) is 13.6 Å². The van der Waals surface area contributed by atoms with Gasteiger partial charge in [0, 0.05) is 13.0 Å². The molecule has 1 amide bonds. The summed E-state index contributed by atoms with van der Waals surface area (Å²) in [5.41, 5.74) is 3.35. The number of rotatable bonds is 1. The van der Waals surface area contributed by atoms with E-state index >= 15 is 0 Å². The Labute approximate surface area is 111 Å². The number of hydrogen-bond acceptors (Lipinski definition) is 4. The summed E-state index contributed by atoms with van der Waals surface area (Å²) in [5.74, 6) is -2.95. The van der Waals surface area contributed by atoms with Crippen LogP contribution < -0.4 is 5.73 Å². The number of alkyl halides is 2. The summed E-state index contributed by atoms with van der Waals surface area (Å²) in [6.45, 7) is 5.72. The Bertz CT molecular complexity index is 384. The molecule has 2 fully saturated rings. The summed E-state index contributed by atoms with van der Waals surface area (Å²) < 4.78 is 37.2. The molecular weight excluding hydrogens is 258 g/mol. The van der Waals surface area contributed by atoms with Crippen LogP contribution in [0, 0.1) is 0 Å². The van der Waals surface area contributed by atoms with E-state index < -0.39 is 35.6 Å². The van der Waals surface area contributed by atoms with Crippen molar-refractivity contribution >= 4 is 6.09 Å². The van der Waals surface area contributed by atoms with Crippen molar-refractivity contribution in [3.63, 3.8) is 0 Å². The lowest BCUT2D eigenvalue weighted by Gasteiger charge is -2.39. The zero-order valence-corrected chi connectivity index (χ0v) is 11.4. The number of hydrogen-bond donors (Lipinski definition) is 1. The van der Waals surface area contributed by atoms with Crippen LogP contribution >= 0.6 is 0 Å². The van der Waals surface area contributed by atoms with E-state index in [0.717, 1.165) is 0 Å². The van der Waals surface area contributed by atoms with Gasteiger partial charge in [-0.3, -0.25) is 4.90 Å². The average Bonchev–Trinajstić information content (AvgIpc) is 2.77. The molecular formula is C12H20F2N2O3. The minimum Gasteiger partial charge on any atom is -0.444 e. The Kier molecular flexibility index (Phi) is 3.25. The lowest BCUT2D eigenvalue weighted by atomic mass is 10.0. The molecule has 0 aromatic rings. The molecule has 2 rings (SSSR count). The summed E-state index contributed by atoms with van der Waals surface area (Å²) >= 11 is 0. The van der Waals surface area contributed by atoms with Crippen LogP contribution in [-0.4, -0.2) is 53.9 Å². The molecule has 2 N–H and O–H groups in total. The Balaban J connectivity index is 2.11. The molecule has 1 saturated carbocycles. The normalized spacial score (nSPS) is 34.0. The van der Waals surface area contributed by atoms with Gasteiger partial charge in [0.2, 0.25) is 0 Å². The molecule has 2 atom stereocenters. The molecule has 2 unspecified atom stereocenters. The fraction of sp³-hybridized carbons (Fsp3) is 0.917. The molecule has 0 radical (unpaired) electrons. The third-order valence-electron chi connectivity index (χ3n) is 3.42. The van der Waals surface area contributed by atoms with Crippen LogP contribution in [0.1, 0.15) is 27.2 Å². The Hall–Kier alpha value is -0.950. The molecule has 5 nitrogen and oxygen atoms in total. The number of nitrogens with two attached hydrogens (primary N) is 1. The van der Waals surface area contributed by atoms with Crippen LogP contribution in [0.5, 0.6) is 0 Å². The standard InChI is InChI=1S/C12H20F2N2O3/c1-10(2,3)19-9(17)16-4-5-18-6-8(16)11(15)7-12(11,13)14/h8H,4-7,15H2,1-3H3. The topological polar surface area (TPSA) is 64.8 Å². The molecule has 0 bridgehead atoms. The maximum atomic E-state index is 13.4. The number of carbonyl (C=O) groups excluding carboxylic acids is 1. The second-order valence-electron chi connectivity index (χ2n) is 6.19. The number of ether oxygens (including phenoxy) is 2. The van der Waals surface area contributed by atoms with E-state index in [4.69, 9.17) is 15.2 Å². The van der Waals surface area contributed by atoms with Crippen molar-refractivity contribution < 1.29 is 23.0 Å². The van der Waals surface area contributed by atoms with Gasteiger partial charge in [-0.05, 0) is 20.8 Å². The summed E-state index contributed by atoms with van der Waals surface area (Å²) in [6.07, 6.45) is -1.04. The van der Waals surface area contributed by atoms with E-state index in [1.54, 1.807) is 20.8 Å². The predicted octanol–water partition coefficient (Wildman–Crippen LogP) is 1.36. The van der Waals surface area contributed by atoms with E-state index in [2.05, 4.69) is 0 Å². The molecule has 2 aliphatic rings. The molecule has 1 aliphatic heterocycles. The van der Waals surface area contributed by atoms with Crippen LogP contribution in [0.4, 0.5) is 13.6 Å². The van der Waals surface area contributed by atoms with Crippen LogP contribution in [0.15, 0.2) is 0 Å². The molecule has 0 aromatic carbocycles. The third kappa shape index (κ3) is 2.67. The van der Waals surface area contributed by atoms with E-state index in [1.165, 1.54) is 4.90 Å². The summed E-state index contributed by atoms with van der Waals surface area (Å²) in [4.78, 5) is 13.3. The smallest absolute Gasteiger partial charge is 0.410 e. The highest BCUT2D eigenvalue weighted by atomic mass is 19.3. The van der Waals surface area contributed by atoms with Gasteiger partial charge in [0.05, 0.1) is 19.3 Å². The van der Waals surface area contributed by atoms with Gasteiger partial charge < -0.3 is 15.2 Å². The maximum absolute atomic E-state index is 13.4. The number of carbonyl (C=O) groups is 1. The second kappa shape index (κ2) is 4.28. The Morgan fingerprint density at radius 1 is 1.47 bits per heavy atom. The predicted molar refractivity (Wildman–Crippen MR) is 64.0 cm³/mol. The first-order chi connectivity index (χ1) is 8.57. The number of nitrogens with zero attached hydrogens (tertiary/aromatic N) is 1. The van der Waals surface area contributed by atoms with Crippen LogP contribution in [-0.2, 0) is 9.47 Å². The molecule has 1 aliphatic carbocycles. The lowest BCUT2D eigenvalue weighted by molar-refractivity contribution is -0.0537.